The molecule has 1 saturated heterocycles. The van der Waals surface area contributed by atoms with Crippen LogP contribution in [0.4, 0.5) is 4.39 Å². The topological polar surface area (TPSA) is 51.5 Å². The van der Waals surface area contributed by atoms with Crippen LogP contribution in [0.3, 0.4) is 0 Å². The Balaban J connectivity index is 1.88. The zero-order chi connectivity index (χ0) is 23.4. The molecule has 4 nitrogen and oxygen atoms in total. The number of nitrogens with zero attached hydrogens (tertiary/aromatic N) is 1. The smallest absolute Gasteiger partial charge is 0.236 e. The Kier molecular flexibility index (Phi) is 7.89. The molecular formula is C26H32FNO3Si. The maximum atomic E-state index is 13.9. The van der Waals surface area contributed by atoms with Crippen LogP contribution >= 0.6 is 0 Å². The van der Waals surface area contributed by atoms with Crippen LogP contribution in [0.5, 0.6) is 0 Å². The van der Waals surface area contributed by atoms with Crippen LogP contribution in [0.2, 0.25) is 5.04 Å². The van der Waals surface area contributed by atoms with Crippen LogP contribution < -0.4 is 0 Å². The van der Waals surface area contributed by atoms with Gasteiger partial charge >= 0.3 is 0 Å². The van der Waals surface area contributed by atoms with Gasteiger partial charge in [0.15, 0.2) is 6.29 Å². The summed E-state index contributed by atoms with van der Waals surface area (Å²) in [7, 11) is 0.381. The third kappa shape index (κ3) is 6.49. The predicted molar refractivity (Wildman–Crippen MR) is 124 cm³/mol. The summed E-state index contributed by atoms with van der Waals surface area (Å²) in [6.07, 6.45) is 2.11. The minimum atomic E-state index is -0.530. The van der Waals surface area contributed by atoms with Crippen LogP contribution in [-0.4, -0.2) is 22.7 Å². The SMILES string of the molecule is CC(C)(C)[Si]OC(C)(C)c1ccc(C(OC2CCCCO2)c2ccc(F)c(C#N)c2)cc1. The third-order valence-corrected chi connectivity index (χ3v) is 6.59. The number of nitriles is 1. The highest BCUT2D eigenvalue weighted by atomic mass is 28.2. The molecule has 32 heavy (non-hydrogen) atoms. The second-order valence-corrected chi connectivity index (χ2v) is 11.7. The van der Waals surface area contributed by atoms with Gasteiger partial charge in [-0.15, -0.1) is 0 Å². The molecule has 0 bridgehead atoms. The van der Waals surface area contributed by atoms with Gasteiger partial charge in [-0.1, -0.05) is 51.1 Å². The first kappa shape index (κ1) is 24.6. The Morgan fingerprint density at radius 2 is 1.75 bits per heavy atom. The van der Waals surface area contributed by atoms with Gasteiger partial charge in [-0.05, 0) is 67.0 Å². The van der Waals surface area contributed by atoms with E-state index < -0.39 is 17.5 Å². The first-order valence-corrected chi connectivity index (χ1v) is 12.0. The van der Waals surface area contributed by atoms with E-state index in [0.717, 1.165) is 36.0 Å². The van der Waals surface area contributed by atoms with Gasteiger partial charge in [0.2, 0.25) is 9.76 Å². The Labute approximate surface area is 193 Å². The van der Waals surface area contributed by atoms with E-state index in [9.17, 15) is 9.65 Å². The molecule has 1 fully saturated rings. The monoisotopic (exact) mass is 453 g/mol. The summed E-state index contributed by atoms with van der Waals surface area (Å²) >= 11 is 0. The molecule has 1 aliphatic heterocycles. The molecule has 2 radical (unpaired) electrons. The molecule has 2 unspecified atom stereocenters. The summed E-state index contributed by atoms with van der Waals surface area (Å²) in [5, 5.41) is 9.39. The molecule has 0 N–H and O–H groups in total. The lowest BCUT2D eigenvalue weighted by Crippen LogP contribution is -2.28. The Morgan fingerprint density at radius 3 is 2.34 bits per heavy atom. The van der Waals surface area contributed by atoms with E-state index in [1.165, 1.54) is 6.07 Å². The fourth-order valence-corrected chi connectivity index (χ4v) is 4.19. The number of hydrogen-bond donors (Lipinski definition) is 0. The first-order chi connectivity index (χ1) is 15.1. The lowest BCUT2D eigenvalue weighted by Gasteiger charge is -2.31. The second kappa shape index (κ2) is 10.3. The Morgan fingerprint density at radius 1 is 1.06 bits per heavy atom. The number of rotatable bonds is 7. The second-order valence-electron chi connectivity index (χ2n) is 9.75. The van der Waals surface area contributed by atoms with Crippen LogP contribution in [0.1, 0.15) is 82.2 Å². The van der Waals surface area contributed by atoms with Crippen molar-refractivity contribution in [3.8, 4) is 6.07 Å². The molecule has 1 aliphatic rings. The number of hydrogen-bond acceptors (Lipinski definition) is 4. The van der Waals surface area contributed by atoms with Crippen molar-refractivity contribution in [2.75, 3.05) is 6.61 Å². The van der Waals surface area contributed by atoms with Gasteiger partial charge in [-0.2, -0.15) is 5.26 Å². The average Bonchev–Trinajstić information content (AvgIpc) is 2.77. The molecule has 1 heterocycles. The van der Waals surface area contributed by atoms with Crippen molar-refractivity contribution < 1.29 is 18.3 Å². The van der Waals surface area contributed by atoms with Gasteiger partial charge in [-0.25, -0.2) is 4.39 Å². The summed E-state index contributed by atoms with van der Waals surface area (Å²) in [6.45, 7) is 11.3. The molecule has 0 saturated carbocycles. The van der Waals surface area contributed by atoms with Gasteiger partial charge in [0.25, 0.3) is 0 Å². The molecule has 2 aromatic rings. The highest BCUT2D eigenvalue weighted by molar-refractivity contribution is 6.31. The van der Waals surface area contributed by atoms with E-state index in [1.807, 2.05) is 18.2 Å². The first-order valence-electron chi connectivity index (χ1n) is 11.1. The normalized spacial score (nSPS) is 18.2. The summed E-state index contributed by atoms with van der Waals surface area (Å²) in [5.41, 5.74) is 2.32. The number of benzene rings is 2. The summed E-state index contributed by atoms with van der Waals surface area (Å²) in [4.78, 5) is 0. The van der Waals surface area contributed by atoms with E-state index in [1.54, 1.807) is 12.1 Å². The number of halogens is 1. The largest absolute Gasteiger partial charge is 0.408 e. The molecule has 0 aromatic heterocycles. The molecule has 170 valence electrons. The quantitative estimate of drug-likeness (QED) is 0.454. The molecule has 2 aromatic carbocycles. The minimum Gasteiger partial charge on any atom is -0.408 e. The van der Waals surface area contributed by atoms with E-state index in [-0.39, 0.29) is 16.9 Å². The van der Waals surface area contributed by atoms with Crippen molar-refractivity contribution in [1.82, 2.24) is 0 Å². The van der Waals surface area contributed by atoms with Gasteiger partial charge in [-0.3, -0.25) is 0 Å². The molecule has 2 atom stereocenters. The van der Waals surface area contributed by atoms with Crippen molar-refractivity contribution in [1.29, 1.82) is 5.26 Å². The van der Waals surface area contributed by atoms with Crippen molar-refractivity contribution >= 4 is 9.76 Å². The van der Waals surface area contributed by atoms with Crippen molar-refractivity contribution in [2.24, 2.45) is 0 Å². The fourth-order valence-electron chi connectivity index (χ4n) is 3.51. The summed E-state index contributed by atoms with van der Waals surface area (Å²) < 4.78 is 32.3. The Bertz CT molecular complexity index is 941. The third-order valence-electron chi connectivity index (χ3n) is 5.36. The zero-order valence-electron chi connectivity index (χ0n) is 19.6. The molecule has 0 amide bonds. The molecule has 6 heteroatoms. The van der Waals surface area contributed by atoms with Gasteiger partial charge in [0.05, 0.1) is 11.2 Å². The highest BCUT2D eigenvalue weighted by Crippen LogP contribution is 2.34. The average molecular weight is 454 g/mol. The standard InChI is InChI=1S/C26H32FNO3Si/c1-25(2,3)32-31-26(4,5)21-12-9-18(10-13-21)24(30-23-8-6-7-15-29-23)19-11-14-22(27)20(16-19)17-28/h9-14,16,23-24H,6-8,15H2,1-5H3. The van der Waals surface area contributed by atoms with Crippen molar-refractivity contribution in [3.63, 3.8) is 0 Å². The van der Waals surface area contributed by atoms with E-state index in [4.69, 9.17) is 13.9 Å². The lowest BCUT2D eigenvalue weighted by atomic mass is 9.94. The minimum absolute atomic E-state index is 0.00925. The van der Waals surface area contributed by atoms with Gasteiger partial charge in [0, 0.05) is 6.61 Å². The van der Waals surface area contributed by atoms with E-state index in [0.29, 0.717) is 16.4 Å². The van der Waals surface area contributed by atoms with Crippen LogP contribution in [-0.2, 0) is 19.5 Å². The molecule has 0 spiro atoms. The number of ether oxygens (including phenoxy) is 2. The zero-order valence-corrected chi connectivity index (χ0v) is 20.6. The maximum absolute atomic E-state index is 13.9. The maximum Gasteiger partial charge on any atom is 0.236 e. The predicted octanol–water partition coefficient (Wildman–Crippen LogP) is 6.42. The fraction of sp³-hybridized carbons (Fsp3) is 0.500. The highest BCUT2D eigenvalue weighted by Gasteiger charge is 2.27. The van der Waals surface area contributed by atoms with Gasteiger partial charge in [0.1, 0.15) is 18.0 Å². The lowest BCUT2D eigenvalue weighted by molar-refractivity contribution is -0.181. The van der Waals surface area contributed by atoms with Crippen molar-refractivity contribution in [3.05, 3.63) is 70.5 Å². The van der Waals surface area contributed by atoms with E-state index in [2.05, 4.69) is 46.8 Å². The van der Waals surface area contributed by atoms with Crippen LogP contribution in [0.25, 0.3) is 0 Å². The summed E-state index contributed by atoms with van der Waals surface area (Å²) in [5.74, 6) is -0.530. The summed E-state index contributed by atoms with van der Waals surface area (Å²) in [6, 6.07) is 14.6. The Hall–Kier alpha value is -2.04. The van der Waals surface area contributed by atoms with Crippen LogP contribution in [0.15, 0.2) is 42.5 Å². The molecule has 3 rings (SSSR count). The van der Waals surface area contributed by atoms with Crippen molar-refractivity contribution in [2.45, 2.75) is 76.9 Å². The molecule has 0 aliphatic carbocycles. The van der Waals surface area contributed by atoms with E-state index >= 15 is 0 Å². The van der Waals surface area contributed by atoms with Gasteiger partial charge < -0.3 is 13.9 Å². The van der Waals surface area contributed by atoms with Crippen LogP contribution in [0, 0.1) is 17.1 Å². The molecular weight excluding hydrogens is 421 g/mol.